The molecule has 1 N–H and O–H groups in total. The number of rotatable bonds is 5. The van der Waals surface area contributed by atoms with Crippen LogP contribution in [0.5, 0.6) is 0 Å². The number of aryl methyl sites for hydroxylation is 2. The summed E-state index contributed by atoms with van der Waals surface area (Å²) in [5, 5.41) is 14.3. The fourth-order valence-electron chi connectivity index (χ4n) is 3.21. The molecule has 25 heavy (non-hydrogen) atoms. The Hall–Kier alpha value is -2.48. The van der Waals surface area contributed by atoms with Crippen molar-refractivity contribution < 1.29 is 19.4 Å². The van der Waals surface area contributed by atoms with Gasteiger partial charge >= 0.3 is 5.97 Å². The van der Waals surface area contributed by atoms with Gasteiger partial charge in [-0.1, -0.05) is 0 Å². The van der Waals surface area contributed by atoms with E-state index in [0.717, 1.165) is 11.0 Å². The lowest BCUT2D eigenvalue weighted by Crippen LogP contribution is -2.46. The molecule has 2 aromatic heterocycles. The number of carbonyl (C=O) groups is 2. The number of amides is 1. The smallest absolute Gasteiger partial charge is 0.323 e. The molecule has 2 aromatic rings. The molecular weight excluding hydrogens is 324 g/mol. The predicted octanol–water partition coefficient (Wildman–Crippen LogP) is 1.47. The van der Waals surface area contributed by atoms with Gasteiger partial charge in [0.25, 0.3) is 5.91 Å². The number of hydrogen-bond acceptors (Lipinski definition) is 5. The van der Waals surface area contributed by atoms with Gasteiger partial charge in [-0.25, -0.2) is 9.67 Å². The zero-order chi connectivity index (χ0) is 18.0. The minimum Gasteiger partial charge on any atom is -0.480 e. The summed E-state index contributed by atoms with van der Waals surface area (Å²) in [7, 11) is 0. The molecule has 3 heterocycles. The van der Waals surface area contributed by atoms with Crippen LogP contribution in [0.2, 0.25) is 0 Å². The number of hydrogen-bond donors (Lipinski definition) is 1. The molecule has 8 heteroatoms. The summed E-state index contributed by atoms with van der Waals surface area (Å²) < 4.78 is 7.10. The zero-order valence-electron chi connectivity index (χ0n) is 14.4. The van der Waals surface area contributed by atoms with Gasteiger partial charge in [-0.15, -0.1) is 0 Å². The Morgan fingerprint density at radius 3 is 2.76 bits per heavy atom. The summed E-state index contributed by atoms with van der Waals surface area (Å²) in [6, 6.07) is 1.62. The SMILES string of the molecule is CCn1ncc2cc(C(=O)N(CC(=O)O)C3CCOCC3)c(C)nc21. The lowest BCUT2D eigenvalue weighted by Gasteiger charge is -2.33. The molecule has 1 saturated heterocycles. The van der Waals surface area contributed by atoms with Gasteiger partial charge in [-0.2, -0.15) is 5.10 Å². The van der Waals surface area contributed by atoms with Crippen molar-refractivity contribution >= 4 is 22.9 Å². The van der Waals surface area contributed by atoms with Gasteiger partial charge in [0.2, 0.25) is 0 Å². The van der Waals surface area contributed by atoms with Crippen LogP contribution in [0.25, 0.3) is 11.0 Å². The van der Waals surface area contributed by atoms with Crippen LogP contribution < -0.4 is 0 Å². The van der Waals surface area contributed by atoms with E-state index in [4.69, 9.17) is 4.74 Å². The average molecular weight is 346 g/mol. The van der Waals surface area contributed by atoms with Crippen LogP contribution in [0, 0.1) is 6.92 Å². The van der Waals surface area contributed by atoms with Crippen molar-refractivity contribution in [3.63, 3.8) is 0 Å². The normalized spacial score (nSPS) is 15.4. The highest BCUT2D eigenvalue weighted by Crippen LogP contribution is 2.22. The first kappa shape index (κ1) is 17.3. The van der Waals surface area contributed by atoms with E-state index < -0.39 is 5.97 Å². The number of ether oxygens (including phenoxy) is 1. The van der Waals surface area contributed by atoms with E-state index in [0.29, 0.717) is 43.9 Å². The molecule has 0 bridgehead atoms. The highest BCUT2D eigenvalue weighted by molar-refractivity contribution is 5.99. The molecule has 1 fully saturated rings. The third-order valence-electron chi connectivity index (χ3n) is 4.53. The third-order valence-corrected chi connectivity index (χ3v) is 4.53. The van der Waals surface area contributed by atoms with Crippen LogP contribution in [0.4, 0.5) is 0 Å². The van der Waals surface area contributed by atoms with Gasteiger partial charge in [-0.05, 0) is 32.8 Å². The average Bonchev–Trinajstić information content (AvgIpc) is 3.00. The second kappa shape index (κ2) is 7.18. The molecular formula is C17H22N4O4. The van der Waals surface area contributed by atoms with Crippen LogP contribution in [-0.4, -0.2) is 62.4 Å². The Kier molecular flexibility index (Phi) is 4.98. The van der Waals surface area contributed by atoms with Gasteiger partial charge < -0.3 is 14.7 Å². The number of pyridine rings is 1. The Labute approximate surface area is 145 Å². The van der Waals surface area contributed by atoms with E-state index >= 15 is 0 Å². The minimum atomic E-state index is -1.02. The number of carboxylic acids is 1. The fraction of sp³-hybridized carbons (Fsp3) is 0.529. The van der Waals surface area contributed by atoms with Gasteiger partial charge in [-0.3, -0.25) is 9.59 Å². The van der Waals surface area contributed by atoms with Crippen molar-refractivity contribution in [2.24, 2.45) is 0 Å². The van der Waals surface area contributed by atoms with Crippen molar-refractivity contribution in [2.45, 2.75) is 39.3 Å². The molecule has 8 nitrogen and oxygen atoms in total. The van der Waals surface area contributed by atoms with Crippen molar-refractivity contribution in [3.8, 4) is 0 Å². The molecule has 3 rings (SSSR count). The summed E-state index contributed by atoms with van der Waals surface area (Å²) >= 11 is 0. The first-order valence-electron chi connectivity index (χ1n) is 8.45. The first-order chi connectivity index (χ1) is 12.0. The maximum Gasteiger partial charge on any atom is 0.323 e. The molecule has 0 saturated carbocycles. The van der Waals surface area contributed by atoms with Crippen molar-refractivity contribution in [1.29, 1.82) is 0 Å². The highest BCUT2D eigenvalue weighted by Gasteiger charge is 2.29. The zero-order valence-corrected chi connectivity index (χ0v) is 14.4. The maximum atomic E-state index is 13.1. The molecule has 0 spiro atoms. The molecule has 0 aliphatic carbocycles. The molecule has 0 unspecified atom stereocenters. The van der Waals surface area contributed by atoms with Crippen LogP contribution in [0.1, 0.15) is 35.8 Å². The lowest BCUT2D eigenvalue weighted by atomic mass is 10.0. The van der Waals surface area contributed by atoms with E-state index in [9.17, 15) is 14.7 Å². The van der Waals surface area contributed by atoms with E-state index in [-0.39, 0.29) is 18.5 Å². The lowest BCUT2D eigenvalue weighted by molar-refractivity contribution is -0.138. The topological polar surface area (TPSA) is 97.6 Å². The van der Waals surface area contributed by atoms with Crippen molar-refractivity contribution in [1.82, 2.24) is 19.7 Å². The summed E-state index contributed by atoms with van der Waals surface area (Å²) in [6.07, 6.45) is 2.96. The second-order valence-electron chi connectivity index (χ2n) is 6.16. The van der Waals surface area contributed by atoms with Gasteiger partial charge in [0.1, 0.15) is 6.54 Å². The van der Waals surface area contributed by atoms with Gasteiger partial charge in [0, 0.05) is 31.2 Å². The van der Waals surface area contributed by atoms with Crippen LogP contribution >= 0.6 is 0 Å². The standard InChI is InChI=1S/C17H22N4O4/c1-3-21-16-12(9-18-21)8-14(11(2)19-16)17(24)20(10-15(22)23)13-4-6-25-7-5-13/h8-9,13H,3-7,10H2,1-2H3,(H,22,23). The molecule has 0 radical (unpaired) electrons. The maximum absolute atomic E-state index is 13.1. The van der Waals surface area contributed by atoms with Crippen LogP contribution in [0.3, 0.4) is 0 Å². The summed E-state index contributed by atoms with van der Waals surface area (Å²) in [5.74, 6) is -1.32. The Morgan fingerprint density at radius 1 is 1.40 bits per heavy atom. The third kappa shape index (κ3) is 3.48. The van der Waals surface area contributed by atoms with Crippen molar-refractivity contribution in [3.05, 3.63) is 23.5 Å². The molecule has 1 amide bonds. The first-order valence-corrected chi connectivity index (χ1v) is 8.45. The summed E-state index contributed by atoms with van der Waals surface area (Å²) in [6.45, 7) is 5.18. The van der Waals surface area contributed by atoms with Crippen LogP contribution in [0.15, 0.2) is 12.3 Å². The quantitative estimate of drug-likeness (QED) is 0.880. The van der Waals surface area contributed by atoms with Gasteiger partial charge in [0.15, 0.2) is 5.65 Å². The van der Waals surface area contributed by atoms with E-state index in [1.54, 1.807) is 23.9 Å². The Morgan fingerprint density at radius 2 is 2.12 bits per heavy atom. The fourth-order valence-corrected chi connectivity index (χ4v) is 3.21. The van der Waals surface area contributed by atoms with Gasteiger partial charge in [0.05, 0.1) is 17.5 Å². The highest BCUT2D eigenvalue weighted by atomic mass is 16.5. The minimum absolute atomic E-state index is 0.134. The molecule has 134 valence electrons. The van der Waals surface area contributed by atoms with Crippen LogP contribution in [-0.2, 0) is 16.1 Å². The summed E-state index contributed by atoms with van der Waals surface area (Å²) in [4.78, 5) is 30.3. The van der Waals surface area contributed by atoms with E-state index in [2.05, 4.69) is 10.1 Å². The molecule has 0 aromatic carbocycles. The van der Waals surface area contributed by atoms with E-state index in [1.807, 2.05) is 6.92 Å². The molecule has 1 aliphatic heterocycles. The predicted molar refractivity (Wildman–Crippen MR) is 90.5 cm³/mol. The Bertz CT molecular complexity index is 795. The number of nitrogens with zero attached hydrogens (tertiary/aromatic N) is 4. The second-order valence-corrected chi connectivity index (χ2v) is 6.16. The largest absolute Gasteiger partial charge is 0.480 e. The number of carbonyl (C=O) groups excluding carboxylic acids is 1. The number of fused-ring (bicyclic) bond motifs is 1. The number of carboxylic acid groups (broad SMARTS) is 1. The number of aliphatic carboxylic acids is 1. The summed E-state index contributed by atoms with van der Waals surface area (Å²) in [5.41, 5.74) is 1.73. The monoisotopic (exact) mass is 346 g/mol. The molecule has 1 aliphatic rings. The number of aromatic nitrogens is 3. The van der Waals surface area contributed by atoms with E-state index in [1.165, 1.54) is 4.90 Å². The Balaban J connectivity index is 1.96. The molecule has 0 atom stereocenters. The van der Waals surface area contributed by atoms with Crippen molar-refractivity contribution in [2.75, 3.05) is 19.8 Å².